The SMILES string of the molecule is COc1ccc(CNC(=O)c2cc3c(C)c(C)nnc3s2)cc1F.COc1ccc(CNC(=O)c2sc3nnc(C)c(C)c3c2C)cc1F.COc1ccc(CNC(=O)c2sc3nnc(C)c(C)c3c2C2CC2)cc1F. The predicted molar refractivity (Wildman–Crippen MR) is 290 cm³/mol. The van der Waals surface area contributed by atoms with Gasteiger partial charge in [0.2, 0.25) is 0 Å². The second kappa shape index (κ2) is 23.5. The number of hydrogen-bond acceptors (Lipinski definition) is 15. The second-order valence-corrected chi connectivity index (χ2v) is 21.1. The van der Waals surface area contributed by atoms with Gasteiger partial charge in [-0.2, -0.15) is 15.3 Å². The third kappa shape index (κ3) is 11.9. The minimum absolute atomic E-state index is 0.145. The van der Waals surface area contributed by atoms with E-state index in [1.54, 1.807) is 30.3 Å². The van der Waals surface area contributed by atoms with Crippen LogP contribution in [0.3, 0.4) is 0 Å². The third-order valence-electron chi connectivity index (χ3n) is 13.1. The van der Waals surface area contributed by atoms with Crippen LogP contribution in [0.5, 0.6) is 17.2 Å². The first-order valence-corrected chi connectivity index (χ1v) is 26.4. The molecule has 0 spiro atoms. The van der Waals surface area contributed by atoms with Gasteiger partial charge in [-0.3, -0.25) is 14.4 Å². The summed E-state index contributed by atoms with van der Waals surface area (Å²) in [7, 11) is 4.25. The number of nitrogens with one attached hydrogen (secondary N) is 3. The molecule has 0 unspecified atom stereocenters. The number of carbonyl (C=O) groups is 3. The molecule has 76 heavy (non-hydrogen) atoms. The highest BCUT2D eigenvalue weighted by atomic mass is 32.1. The fourth-order valence-electron chi connectivity index (χ4n) is 8.25. The van der Waals surface area contributed by atoms with Crippen LogP contribution in [0.1, 0.15) is 109 Å². The summed E-state index contributed by atoms with van der Waals surface area (Å²) < 4.78 is 55.9. The summed E-state index contributed by atoms with van der Waals surface area (Å²) in [5.41, 5.74) is 9.75. The van der Waals surface area contributed by atoms with Crippen LogP contribution in [0.25, 0.3) is 30.6 Å². The van der Waals surface area contributed by atoms with Crippen molar-refractivity contribution in [2.75, 3.05) is 21.3 Å². The average molecular weight is 1090 g/mol. The molecule has 3 aromatic carbocycles. The maximum atomic E-state index is 13.8. The first-order valence-electron chi connectivity index (χ1n) is 24.0. The first-order chi connectivity index (χ1) is 36.4. The quantitative estimate of drug-likeness (QED) is 0.0991. The normalized spacial score (nSPS) is 11.9. The molecule has 10 rings (SSSR count). The number of thiophene rings is 3. The van der Waals surface area contributed by atoms with Crippen molar-refractivity contribution in [3.63, 3.8) is 0 Å². The van der Waals surface area contributed by atoms with Gasteiger partial charge in [0.25, 0.3) is 17.7 Å². The van der Waals surface area contributed by atoms with E-state index in [0.717, 1.165) is 88.4 Å². The average Bonchev–Trinajstić information content (AvgIpc) is 3.89. The molecule has 1 saturated carbocycles. The zero-order valence-electron chi connectivity index (χ0n) is 43.4. The number of hydrogen-bond donors (Lipinski definition) is 3. The largest absolute Gasteiger partial charge is 0.494 e. The topological polar surface area (TPSA) is 192 Å². The Morgan fingerprint density at radius 3 is 1.37 bits per heavy atom. The maximum Gasteiger partial charge on any atom is 0.262 e. The highest BCUT2D eigenvalue weighted by molar-refractivity contribution is 7.21. The van der Waals surface area contributed by atoms with Gasteiger partial charge in [-0.15, -0.1) is 49.3 Å². The van der Waals surface area contributed by atoms with Crippen LogP contribution in [0.2, 0.25) is 0 Å². The standard InChI is InChI=1S/C20H20FN3O2S.C18H18FN3O2S.C17H16FN3O2S/c1-10-11(2)23-24-20-16(10)17(13-5-6-13)18(27-20)19(25)22-9-12-4-7-15(26-3)14(21)8-12;1-9-11(3)21-22-18-15(9)10(2)16(25-18)17(23)20-8-12-5-6-14(24-4)13(19)7-12;1-9-10(2)20-21-17-12(9)7-15(24-17)16(22)19-8-11-4-5-14(23-3)13(18)6-11/h4,7-8,13H,5-6,9H2,1-3H3,(H,22,25);5-7H,8H2,1-4H3,(H,20,23);4-7H,8H2,1-3H3,(H,19,22). The number of carbonyl (C=O) groups excluding carboxylic acids is 3. The van der Waals surface area contributed by atoms with Crippen molar-refractivity contribution in [1.29, 1.82) is 0 Å². The lowest BCUT2D eigenvalue weighted by molar-refractivity contribution is 0.0946. The highest BCUT2D eigenvalue weighted by Gasteiger charge is 2.33. The van der Waals surface area contributed by atoms with Crippen LogP contribution < -0.4 is 30.2 Å². The van der Waals surface area contributed by atoms with E-state index in [4.69, 9.17) is 14.2 Å². The number of ether oxygens (including phenoxy) is 3. The Kier molecular flexibility index (Phi) is 16.9. The number of aryl methyl sites for hydroxylation is 7. The summed E-state index contributed by atoms with van der Waals surface area (Å²) in [6.45, 7) is 14.3. The Balaban J connectivity index is 0.000000151. The number of rotatable bonds is 13. The Morgan fingerprint density at radius 2 is 0.908 bits per heavy atom. The van der Waals surface area contributed by atoms with Crippen LogP contribution in [-0.4, -0.2) is 69.6 Å². The van der Waals surface area contributed by atoms with E-state index in [2.05, 4.69) is 46.5 Å². The minimum atomic E-state index is -0.451. The molecular formula is C55H54F3N9O6S3. The van der Waals surface area contributed by atoms with E-state index in [-0.39, 0.29) is 54.6 Å². The van der Waals surface area contributed by atoms with Gasteiger partial charge in [0.1, 0.15) is 14.5 Å². The fourth-order valence-corrected chi connectivity index (χ4v) is 11.5. The monoisotopic (exact) mass is 1090 g/mol. The van der Waals surface area contributed by atoms with Crippen molar-refractivity contribution in [1.82, 2.24) is 46.5 Å². The lowest BCUT2D eigenvalue weighted by Crippen LogP contribution is -2.22. The molecule has 0 bridgehead atoms. The molecule has 0 radical (unpaired) electrons. The maximum absolute atomic E-state index is 13.8. The zero-order chi connectivity index (χ0) is 54.5. The van der Waals surface area contributed by atoms with Gasteiger partial charge < -0.3 is 30.2 Å². The Labute approximate surface area is 448 Å². The fraction of sp³-hybridized carbons (Fsp3) is 0.291. The predicted octanol–water partition coefficient (Wildman–Crippen LogP) is 11.3. The molecule has 0 atom stereocenters. The lowest BCUT2D eigenvalue weighted by atomic mass is 10.0. The number of nitrogens with zero attached hydrogens (tertiary/aromatic N) is 6. The number of benzene rings is 3. The second-order valence-electron chi connectivity index (χ2n) is 18.1. The Bertz CT molecular complexity index is 3690. The summed E-state index contributed by atoms with van der Waals surface area (Å²) in [5.74, 6) is -0.936. The van der Waals surface area contributed by atoms with Crippen LogP contribution in [0.15, 0.2) is 60.7 Å². The highest BCUT2D eigenvalue weighted by Crippen LogP contribution is 2.48. The van der Waals surface area contributed by atoms with E-state index < -0.39 is 17.5 Å². The molecule has 21 heteroatoms. The summed E-state index contributed by atoms with van der Waals surface area (Å²) in [4.78, 5) is 41.9. The van der Waals surface area contributed by atoms with Crippen molar-refractivity contribution < 1.29 is 41.8 Å². The van der Waals surface area contributed by atoms with Crippen LogP contribution in [0, 0.1) is 65.9 Å². The van der Waals surface area contributed by atoms with Gasteiger partial charge >= 0.3 is 0 Å². The van der Waals surface area contributed by atoms with E-state index in [0.29, 0.717) is 37.2 Å². The third-order valence-corrected chi connectivity index (χ3v) is 16.3. The van der Waals surface area contributed by atoms with Crippen LogP contribution >= 0.6 is 34.0 Å². The van der Waals surface area contributed by atoms with Gasteiger partial charge in [0.15, 0.2) is 34.7 Å². The molecule has 0 aliphatic heterocycles. The smallest absolute Gasteiger partial charge is 0.262 e. The number of methoxy groups -OCH3 is 3. The van der Waals surface area contributed by atoms with Crippen molar-refractivity contribution in [2.45, 2.75) is 86.9 Å². The Morgan fingerprint density at radius 1 is 0.500 bits per heavy atom. The van der Waals surface area contributed by atoms with Gasteiger partial charge in [-0.25, -0.2) is 13.2 Å². The number of amides is 3. The van der Waals surface area contributed by atoms with Crippen molar-refractivity contribution in [2.24, 2.45) is 0 Å². The van der Waals surface area contributed by atoms with Gasteiger partial charge in [0, 0.05) is 35.8 Å². The summed E-state index contributed by atoms with van der Waals surface area (Å²) in [5, 5.41) is 36.5. The zero-order valence-corrected chi connectivity index (χ0v) is 45.8. The van der Waals surface area contributed by atoms with E-state index >= 15 is 0 Å². The van der Waals surface area contributed by atoms with Crippen molar-refractivity contribution >= 4 is 82.4 Å². The molecule has 6 aromatic heterocycles. The molecule has 1 fully saturated rings. The molecule has 3 amide bonds. The summed E-state index contributed by atoms with van der Waals surface area (Å²) in [6, 6.07) is 15.7. The lowest BCUT2D eigenvalue weighted by Gasteiger charge is -2.08. The van der Waals surface area contributed by atoms with Gasteiger partial charge in [0.05, 0.1) is 53.0 Å². The molecule has 3 N–H and O–H groups in total. The molecular weight excluding hydrogens is 1040 g/mol. The van der Waals surface area contributed by atoms with Gasteiger partial charge in [-0.05, 0) is 154 Å². The molecule has 15 nitrogen and oxygen atoms in total. The molecule has 6 heterocycles. The van der Waals surface area contributed by atoms with Crippen LogP contribution in [-0.2, 0) is 19.6 Å². The first kappa shape index (κ1) is 54.6. The molecule has 0 saturated heterocycles. The summed E-state index contributed by atoms with van der Waals surface area (Å²) >= 11 is 4.00. The van der Waals surface area contributed by atoms with Gasteiger partial charge in [-0.1, -0.05) is 18.2 Å². The number of aromatic nitrogens is 6. The molecule has 9 aromatic rings. The molecule has 394 valence electrons. The molecule has 1 aliphatic rings. The van der Waals surface area contributed by atoms with Crippen molar-refractivity contribution in [3.05, 3.63) is 154 Å². The number of fused-ring (bicyclic) bond motifs is 3. The molecule has 1 aliphatic carbocycles. The van der Waals surface area contributed by atoms with E-state index in [9.17, 15) is 27.6 Å². The van der Waals surface area contributed by atoms with Crippen molar-refractivity contribution in [3.8, 4) is 17.2 Å². The van der Waals surface area contributed by atoms with E-state index in [1.165, 1.54) is 79.6 Å². The van der Waals surface area contributed by atoms with Crippen LogP contribution in [0.4, 0.5) is 13.2 Å². The Hall–Kier alpha value is -7.62. The number of halogens is 3. The minimum Gasteiger partial charge on any atom is -0.494 e. The van der Waals surface area contributed by atoms with E-state index in [1.807, 2.05) is 54.5 Å². The summed E-state index contributed by atoms with van der Waals surface area (Å²) in [6.07, 6.45) is 2.19.